The molecule has 0 atom stereocenters. The number of hydrogen-bond acceptors (Lipinski definition) is 3. The molecular weight excluding hydrogens is 295 g/mol. The predicted octanol–water partition coefficient (Wildman–Crippen LogP) is 3.82. The number of hydrogen-bond donors (Lipinski definition) is 0. The molecule has 0 radical (unpaired) electrons. The standard InChI is InChI=1S/C16H8ClFO3/c17-9-5-6-10(13(18)7-9)15(19)12-8-21-14-4-2-1-3-11(14)16(12)20/h1-8H. The zero-order valence-corrected chi connectivity index (χ0v) is 11.4. The highest BCUT2D eigenvalue weighted by Gasteiger charge is 2.19. The van der Waals surface area contributed by atoms with Gasteiger partial charge in [0.25, 0.3) is 0 Å². The summed E-state index contributed by atoms with van der Waals surface area (Å²) in [5.41, 5.74) is -0.552. The Bertz CT molecular complexity index is 915. The second-order valence-electron chi connectivity index (χ2n) is 4.43. The fraction of sp³-hybridized carbons (Fsp3) is 0. The van der Waals surface area contributed by atoms with Gasteiger partial charge in [-0.3, -0.25) is 9.59 Å². The number of carbonyl (C=O) groups excluding carboxylic acids is 1. The summed E-state index contributed by atoms with van der Waals surface area (Å²) in [5.74, 6) is -1.51. The van der Waals surface area contributed by atoms with E-state index in [2.05, 4.69) is 0 Å². The molecule has 0 bridgehead atoms. The molecule has 0 aliphatic carbocycles. The molecule has 0 fully saturated rings. The fourth-order valence-corrected chi connectivity index (χ4v) is 2.21. The molecule has 1 heterocycles. The maximum absolute atomic E-state index is 13.8. The number of halogens is 2. The van der Waals surface area contributed by atoms with Gasteiger partial charge in [0.15, 0.2) is 0 Å². The molecule has 0 unspecified atom stereocenters. The lowest BCUT2D eigenvalue weighted by atomic mass is 10.0. The van der Waals surface area contributed by atoms with Crippen molar-refractivity contribution in [3.63, 3.8) is 0 Å². The average molecular weight is 303 g/mol. The Morgan fingerprint density at radius 2 is 1.86 bits per heavy atom. The summed E-state index contributed by atoms with van der Waals surface area (Å²) in [6.45, 7) is 0. The normalized spacial score (nSPS) is 10.8. The smallest absolute Gasteiger partial charge is 0.203 e. The molecule has 3 rings (SSSR count). The van der Waals surface area contributed by atoms with Crippen molar-refractivity contribution in [3.05, 3.63) is 80.9 Å². The summed E-state index contributed by atoms with van der Waals surface area (Å²) >= 11 is 5.65. The SMILES string of the molecule is O=C(c1ccc(Cl)cc1F)c1coc2ccccc2c1=O. The van der Waals surface area contributed by atoms with Crippen LogP contribution in [-0.4, -0.2) is 5.78 Å². The van der Waals surface area contributed by atoms with Gasteiger partial charge in [0.2, 0.25) is 11.2 Å². The maximum atomic E-state index is 13.8. The van der Waals surface area contributed by atoms with E-state index in [0.717, 1.165) is 12.3 Å². The van der Waals surface area contributed by atoms with Crippen molar-refractivity contribution in [3.8, 4) is 0 Å². The molecule has 0 saturated carbocycles. The predicted molar refractivity (Wildman–Crippen MR) is 77.3 cm³/mol. The number of carbonyl (C=O) groups is 1. The minimum atomic E-state index is -0.778. The summed E-state index contributed by atoms with van der Waals surface area (Å²) < 4.78 is 19.1. The molecule has 0 aliphatic rings. The first-order valence-electron chi connectivity index (χ1n) is 6.08. The number of fused-ring (bicyclic) bond motifs is 1. The van der Waals surface area contributed by atoms with Gasteiger partial charge in [0, 0.05) is 5.02 Å². The van der Waals surface area contributed by atoms with E-state index in [1.165, 1.54) is 12.1 Å². The largest absolute Gasteiger partial charge is 0.463 e. The van der Waals surface area contributed by atoms with Crippen LogP contribution in [0.25, 0.3) is 11.0 Å². The summed E-state index contributed by atoms with van der Waals surface area (Å²) in [5, 5.41) is 0.451. The molecule has 0 amide bonds. The second-order valence-corrected chi connectivity index (χ2v) is 4.86. The first-order valence-corrected chi connectivity index (χ1v) is 6.46. The highest BCUT2D eigenvalue weighted by molar-refractivity contribution is 6.30. The van der Waals surface area contributed by atoms with Crippen LogP contribution in [0.4, 0.5) is 4.39 Å². The van der Waals surface area contributed by atoms with Crippen molar-refractivity contribution < 1.29 is 13.6 Å². The Kier molecular flexibility index (Phi) is 3.31. The molecule has 104 valence electrons. The second kappa shape index (κ2) is 5.14. The van der Waals surface area contributed by atoms with E-state index in [1.807, 2.05) is 0 Å². The number of benzene rings is 2. The summed E-state index contributed by atoms with van der Waals surface area (Å²) in [4.78, 5) is 24.6. The summed E-state index contributed by atoms with van der Waals surface area (Å²) in [7, 11) is 0. The Morgan fingerprint density at radius 3 is 2.62 bits per heavy atom. The van der Waals surface area contributed by atoms with Gasteiger partial charge in [-0.25, -0.2) is 4.39 Å². The first kappa shape index (κ1) is 13.5. The van der Waals surface area contributed by atoms with Crippen molar-refractivity contribution >= 4 is 28.4 Å². The molecule has 2 aromatic carbocycles. The number of ketones is 1. The van der Waals surface area contributed by atoms with Crippen LogP contribution >= 0.6 is 11.6 Å². The Labute approximate surface area is 123 Å². The molecule has 0 spiro atoms. The van der Waals surface area contributed by atoms with Crippen molar-refractivity contribution in [2.75, 3.05) is 0 Å². The van der Waals surface area contributed by atoms with E-state index in [1.54, 1.807) is 24.3 Å². The lowest BCUT2D eigenvalue weighted by Gasteiger charge is -2.03. The number of rotatable bonds is 2. The zero-order chi connectivity index (χ0) is 15.0. The average Bonchev–Trinajstić information content (AvgIpc) is 2.47. The van der Waals surface area contributed by atoms with Crippen LogP contribution in [0.5, 0.6) is 0 Å². The molecule has 0 aliphatic heterocycles. The minimum absolute atomic E-state index is 0.176. The molecule has 1 aromatic heterocycles. The molecule has 21 heavy (non-hydrogen) atoms. The van der Waals surface area contributed by atoms with Crippen LogP contribution in [-0.2, 0) is 0 Å². The van der Waals surface area contributed by atoms with Gasteiger partial charge in [0.05, 0.1) is 10.9 Å². The van der Waals surface area contributed by atoms with E-state index < -0.39 is 17.0 Å². The third-order valence-corrected chi connectivity index (χ3v) is 3.34. The van der Waals surface area contributed by atoms with Gasteiger partial charge >= 0.3 is 0 Å². The summed E-state index contributed by atoms with van der Waals surface area (Å²) in [6.07, 6.45) is 1.06. The van der Waals surface area contributed by atoms with Gasteiger partial charge in [-0.05, 0) is 30.3 Å². The van der Waals surface area contributed by atoms with Gasteiger partial charge in [0.1, 0.15) is 23.2 Å². The van der Waals surface area contributed by atoms with Crippen molar-refractivity contribution in [1.82, 2.24) is 0 Å². The van der Waals surface area contributed by atoms with Gasteiger partial charge in [-0.15, -0.1) is 0 Å². The highest BCUT2D eigenvalue weighted by atomic mass is 35.5. The van der Waals surface area contributed by atoms with E-state index in [4.69, 9.17) is 16.0 Å². The van der Waals surface area contributed by atoms with Crippen LogP contribution in [0, 0.1) is 5.82 Å². The van der Waals surface area contributed by atoms with Gasteiger partial charge in [-0.1, -0.05) is 23.7 Å². The molecule has 3 aromatic rings. The zero-order valence-electron chi connectivity index (χ0n) is 10.6. The number of para-hydroxylation sites is 1. The summed E-state index contributed by atoms with van der Waals surface area (Å²) in [6, 6.07) is 10.2. The lowest BCUT2D eigenvalue weighted by molar-refractivity contribution is 0.103. The highest BCUT2D eigenvalue weighted by Crippen LogP contribution is 2.18. The Morgan fingerprint density at radius 1 is 1.10 bits per heavy atom. The third-order valence-electron chi connectivity index (χ3n) is 3.10. The van der Waals surface area contributed by atoms with Gasteiger partial charge in [-0.2, -0.15) is 0 Å². The van der Waals surface area contributed by atoms with Crippen LogP contribution in [0.3, 0.4) is 0 Å². The molecule has 5 heteroatoms. The lowest BCUT2D eigenvalue weighted by Crippen LogP contribution is -2.16. The molecule has 0 N–H and O–H groups in total. The van der Waals surface area contributed by atoms with E-state index in [9.17, 15) is 14.0 Å². The topological polar surface area (TPSA) is 47.3 Å². The molecule has 3 nitrogen and oxygen atoms in total. The first-order chi connectivity index (χ1) is 10.1. The Balaban J connectivity index is 2.18. The maximum Gasteiger partial charge on any atom is 0.203 e. The van der Waals surface area contributed by atoms with Gasteiger partial charge < -0.3 is 4.42 Å². The van der Waals surface area contributed by atoms with E-state index in [0.29, 0.717) is 5.58 Å². The van der Waals surface area contributed by atoms with Crippen LogP contribution in [0.15, 0.2) is 57.9 Å². The van der Waals surface area contributed by atoms with Crippen molar-refractivity contribution in [2.24, 2.45) is 0 Å². The monoisotopic (exact) mass is 302 g/mol. The third kappa shape index (κ3) is 2.34. The molecule has 0 saturated heterocycles. The van der Waals surface area contributed by atoms with Crippen molar-refractivity contribution in [1.29, 1.82) is 0 Å². The molecular formula is C16H8ClFO3. The fourth-order valence-electron chi connectivity index (χ4n) is 2.05. The Hall–Kier alpha value is -2.46. The minimum Gasteiger partial charge on any atom is -0.463 e. The van der Waals surface area contributed by atoms with Crippen LogP contribution in [0.1, 0.15) is 15.9 Å². The van der Waals surface area contributed by atoms with Crippen LogP contribution in [0.2, 0.25) is 5.02 Å². The van der Waals surface area contributed by atoms with Crippen molar-refractivity contribution in [2.45, 2.75) is 0 Å². The van der Waals surface area contributed by atoms with E-state index >= 15 is 0 Å². The van der Waals surface area contributed by atoms with E-state index in [-0.39, 0.29) is 21.5 Å². The quantitative estimate of drug-likeness (QED) is 0.676. The van der Waals surface area contributed by atoms with Crippen LogP contribution < -0.4 is 5.43 Å².